The van der Waals surface area contributed by atoms with E-state index >= 15 is 0 Å². The monoisotopic (exact) mass is 288 g/mol. The van der Waals surface area contributed by atoms with Crippen LogP contribution in [0.5, 0.6) is 0 Å². The third-order valence-corrected chi connectivity index (χ3v) is 3.59. The van der Waals surface area contributed by atoms with Crippen molar-refractivity contribution in [1.29, 1.82) is 0 Å². The molecule has 0 amide bonds. The van der Waals surface area contributed by atoms with Crippen molar-refractivity contribution in [3.63, 3.8) is 0 Å². The first-order valence-corrected chi connectivity index (χ1v) is 7.36. The van der Waals surface area contributed by atoms with Gasteiger partial charge in [0.1, 0.15) is 11.3 Å². The van der Waals surface area contributed by atoms with Crippen molar-refractivity contribution in [3.05, 3.63) is 58.6 Å². The van der Waals surface area contributed by atoms with Crippen LogP contribution in [0.3, 0.4) is 0 Å². The SMILES string of the molecule is CCOC(c1ccccc1)c1nc(Cl)cc(C2CC2)n1. The molecule has 3 nitrogen and oxygen atoms in total. The summed E-state index contributed by atoms with van der Waals surface area (Å²) in [4.78, 5) is 9.04. The number of rotatable bonds is 5. The van der Waals surface area contributed by atoms with E-state index in [0.717, 1.165) is 11.3 Å². The topological polar surface area (TPSA) is 35.0 Å². The van der Waals surface area contributed by atoms with Gasteiger partial charge in [-0.05, 0) is 31.4 Å². The molecule has 1 aliphatic rings. The van der Waals surface area contributed by atoms with Gasteiger partial charge in [-0.15, -0.1) is 0 Å². The summed E-state index contributed by atoms with van der Waals surface area (Å²) in [6.45, 7) is 2.58. The average Bonchev–Trinajstić information content (AvgIpc) is 3.29. The molecule has 0 saturated heterocycles. The molecule has 104 valence electrons. The molecule has 2 aromatic rings. The summed E-state index contributed by atoms with van der Waals surface area (Å²) in [5.74, 6) is 1.21. The lowest BCUT2D eigenvalue weighted by molar-refractivity contribution is 0.0849. The summed E-state index contributed by atoms with van der Waals surface area (Å²) < 4.78 is 5.84. The fourth-order valence-corrected chi connectivity index (χ4v) is 2.47. The molecular weight excluding hydrogens is 272 g/mol. The van der Waals surface area contributed by atoms with Gasteiger partial charge in [-0.2, -0.15) is 0 Å². The van der Waals surface area contributed by atoms with Crippen LogP contribution >= 0.6 is 11.6 Å². The maximum absolute atomic E-state index is 6.15. The van der Waals surface area contributed by atoms with Gasteiger partial charge in [0.05, 0.1) is 0 Å². The summed E-state index contributed by atoms with van der Waals surface area (Å²) >= 11 is 6.15. The summed E-state index contributed by atoms with van der Waals surface area (Å²) in [6, 6.07) is 11.9. The van der Waals surface area contributed by atoms with Crippen molar-refractivity contribution in [1.82, 2.24) is 9.97 Å². The Balaban J connectivity index is 1.98. The Labute approximate surface area is 124 Å². The molecule has 0 radical (unpaired) electrons. The molecule has 0 bridgehead atoms. The molecule has 4 heteroatoms. The second-order valence-corrected chi connectivity index (χ2v) is 5.38. The number of aromatic nitrogens is 2. The Kier molecular flexibility index (Phi) is 3.99. The quantitative estimate of drug-likeness (QED) is 0.776. The van der Waals surface area contributed by atoms with Crippen molar-refractivity contribution < 1.29 is 4.74 Å². The minimum absolute atomic E-state index is 0.252. The highest BCUT2D eigenvalue weighted by Gasteiger charge is 2.27. The number of halogens is 1. The molecule has 1 unspecified atom stereocenters. The average molecular weight is 289 g/mol. The van der Waals surface area contributed by atoms with Crippen LogP contribution < -0.4 is 0 Å². The second kappa shape index (κ2) is 5.90. The van der Waals surface area contributed by atoms with Gasteiger partial charge in [0.25, 0.3) is 0 Å². The van der Waals surface area contributed by atoms with Gasteiger partial charge in [-0.25, -0.2) is 9.97 Å². The maximum Gasteiger partial charge on any atom is 0.163 e. The molecule has 1 aromatic carbocycles. The molecule has 0 spiro atoms. The first-order valence-electron chi connectivity index (χ1n) is 6.99. The molecular formula is C16H17ClN2O. The molecule has 1 fully saturated rings. The van der Waals surface area contributed by atoms with Crippen molar-refractivity contribution in [2.24, 2.45) is 0 Å². The molecule has 0 aliphatic heterocycles. The van der Waals surface area contributed by atoms with Crippen molar-refractivity contribution >= 4 is 11.6 Å². The van der Waals surface area contributed by atoms with E-state index in [1.54, 1.807) is 0 Å². The summed E-state index contributed by atoms with van der Waals surface area (Å²) in [5, 5.41) is 0.498. The van der Waals surface area contributed by atoms with Gasteiger partial charge in [-0.3, -0.25) is 0 Å². The van der Waals surface area contributed by atoms with Crippen LogP contribution in [-0.2, 0) is 4.74 Å². The summed E-state index contributed by atoms with van der Waals surface area (Å²) in [6.07, 6.45) is 2.13. The molecule has 1 saturated carbocycles. The zero-order valence-electron chi connectivity index (χ0n) is 11.4. The van der Waals surface area contributed by atoms with Crippen LogP contribution in [0, 0.1) is 0 Å². The Morgan fingerprint density at radius 1 is 1.25 bits per heavy atom. The number of hydrogen-bond acceptors (Lipinski definition) is 3. The Morgan fingerprint density at radius 3 is 2.65 bits per heavy atom. The zero-order chi connectivity index (χ0) is 13.9. The van der Waals surface area contributed by atoms with Gasteiger partial charge in [0.15, 0.2) is 5.82 Å². The van der Waals surface area contributed by atoms with E-state index in [2.05, 4.69) is 9.97 Å². The van der Waals surface area contributed by atoms with Crippen molar-refractivity contribution in [2.75, 3.05) is 6.61 Å². The fourth-order valence-electron chi connectivity index (χ4n) is 2.27. The highest BCUT2D eigenvalue weighted by Crippen LogP contribution is 2.40. The fraction of sp³-hybridized carbons (Fsp3) is 0.375. The van der Waals surface area contributed by atoms with Crippen LogP contribution in [0.25, 0.3) is 0 Å². The minimum atomic E-state index is -0.252. The molecule has 1 atom stereocenters. The lowest BCUT2D eigenvalue weighted by atomic mass is 10.1. The summed E-state index contributed by atoms with van der Waals surface area (Å²) in [7, 11) is 0. The van der Waals surface area contributed by atoms with Gasteiger partial charge in [-0.1, -0.05) is 41.9 Å². The predicted molar refractivity (Wildman–Crippen MR) is 78.9 cm³/mol. The summed E-state index contributed by atoms with van der Waals surface area (Å²) in [5.41, 5.74) is 2.10. The lowest BCUT2D eigenvalue weighted by Crippen LogP contribution is -2.11. The molecule has 1 aliphatic carbocycles. The number of ether oxygens (including phenoxy) is 1. The van der Waals surface area contributed by atoms with E-state index in [4.69, 9.17) is 16.3 Å². The highest BCUT2D eigenvalue weighted by molar-refractivity contribution is 6.29. The van der Waals surface area contributed by atoms with Gasteiger partial charge in [0.2, 0.25) is 0 Å². The standard InChI is InChI=1S/C16H17ClN2O/c1-2-20-15(12-6-4-3-5-7-12)16-18-13(11-8-9-11)10-14(17)19-16/h3-7,10-11,15H,2,8-9H2,1H3. The van der Waals surface area contributed by atoms with Crippen LogP contribution in [-0.4, -0.2) is 16.6 Å². The van der Waals surface area contributed by atoms with Crippen LogP contribution in [0.2, 0.25) is 5.15 Å². The Hall–Kier alpha value is -1.45. The normalized spacial score (nSPS) is 16.1. The predicted octanol–water partition coefficient (Wildman–Crippen LogP) is 4.13. The molecule has 0 N–H and O–H groups in total. The Morgan fingerprint density at radius 2 is 2.00 bits per heavy atom. The van der Waals surface area contributed by atoms with E-state index in [9.17, 15) is 0 Å². The third-order valence-electron chi connectivity index (χ3n) is 3.40. The van der Waals surface area contributed by atoms with Crippen LogP contribution in [0.1, 0.15) is 48.9 Å². The second-order valence-electron chi connectivity index (χ2n) is 4.99. The van der Waals surface area contributed by atoms with Crippen LogP contribution in [0.4, 0.5) is 0 Å². The van der Waals surface area contributed by atoms with E-state index < -0.39 is 0 Å². The number of benzene rings is 1. The highest BCUT2D eigenvalue weighted by atomic mass is 35.5. The third kappa shape index (κ3) is 3.00. The van der Waals surface area contributed by atoms with Crippen molar-refractivity contribution in [3.8, 4) is 0 Å². The van der Waals surface area contributed by atoms with E-state index in [0.29, 0.717) is 23.5 Å². The number of nitrogens with zero attached hydrogens (tertiary/aromatic N) is 2. The van der Waals surface area contributed by atoms with E-state index in [1.807, 2.05) is 43.3 Å². The van der Waals surface area contributed by atoms with Gasteiger partial charge < -0.3 is 4.74 Å². The van der Waals surface area contributed by atoms with E-state index in [-0.39, 0.29) is 6.10 Å². The van der Waals surface area contributed by atoms with Gasteiger partial charge >= 0.3 is 0 Å². The first-order chi connectivity index (χ1) is 9.78. The van der Waals surface area contributed by atoms with Gasteiger partial charge in [0, 0.05) is 18.2 Å². The largest absolute Gasteiger partial charge is 0.366 e. The molecule has 3 rings (SSSR count). The lowest BCUT2D eigenvalue weighted by Gasteiger charge is -2.17. The molecule has 20 heavy (non-hydrogen) atoms. The maximum atomic E-state index is 6.15. The van der Waals surface area contributed by atoms with E-state index in [1.165, 1.54) is 12.8 Å². The van der Waals surface area contributed by atoms with Crippen molar-refractivity contribution in [2.45, 2.75) is 31.8 Å². The molecule has 1 aromatic heterocycles. The minimum Gasteiger partial charge on any atom is -0.366 e. The van der Waals surface area contributed by atoms with Crippen LogP contribution in [0.15, 0.2) is 36.4 Å². The molecule has 1 heterocycles. The first kappa shape index (κ1) is 13.5. The number of hydrogen-bond donors (Lipinski definition) is 0. The zero-order valence-corrected chi connectivity index (χ0v) is 12.2. The smallest absolute Gasteiger partial charge is 0.163 e. The Bertz CT molecular complexity index is 584.